The molecule has 25 heavy (non-hydrogen) atoms. The molecule has 0 aliphatic carbocycles. The van der Waals surface area contributed by atoms with Crippen LogP contribution in [0.5, 0.6) is 0 Å². The zero-order valence-corrected chi connectivity index (χ0v) is 15.6. The molecule has 0 aliphatic rings. The molecule has 130 valence electrons. The highest BCUT2D eigenvalue weighted by atomic mass is 127. The molecule has 0 saturated heterocycles. The number of aliphatic hydroxyl groups is 1. The van der Waals surface area contributed by atoms with Crippen LogP contribution in [-0.4, -0.2) is 33.8 Å². The molecule has 0 fully saturated rings. The molecule has 10 heteroatoms. The summed E-state index contributed by atoms with van der Waals surface area (Å²) in [6.45, 7) is -0.262. The fourth-order valence-electron chi connectivity index (χ4n) is 2.10. The zero-order chi connectivity index (χ0) is 17.8. The van der Waals surface area contributed by atoms with E-state index >= 15 is 0 Å². The van der Waals surface area contributed by atoms with Gasteiger partial charge in [0, 0.05) is 3.57 Å². The fourth-order valence-corrected chi connectivity index (χ4v) is 3.22. The number of aliphatic hydroxyl groups excluding tert-OH is 1. The Morgan fingerprint density at radius 1 is 1.36 bits per heavy atom. The van der Waals surface area contributed by atoms with E-state index in [2.05, 4.69) is 20.4 Å². The van der Waals surface area contributed by atoms with Gasteiger partial charge in [0.15, 0.2) is 0 Å². The molecule has 0 atom stereocenters. The SMILES string of the molecule is O=C(NOCCO)c1ccc2nnsc2c1Nc1ccc(I)cc1F. The Morgan fingerprint density at radius 3 is 2.96 bits per heavy atom. The number of fused-ring (bicyclic) bond motifs is 1. The predicted molar refractivity (Wildman–Crippen MR) is 100 cm³/mol. The highest BCUT2D eigenvalue weighted by Crippen LogP contribution is 2.33. The van der Waals surface area contributed by atoms with Gasteiger partial charge in [-0.1, -0.05) is 4.49 Å². The molecule has 3 rings (SSSR count). The van der Waals surface area contributed by atoms with Gasteiger partial charge in [-0.2, -0.15) is 0 Å². The molecule has 0 unspecified atom stereocenters. The highest BCUT2D eigenvalue weighted by molar-refractivity contribution is 14.1. The third-order valence-corrected chi connectivity index (χ3v) is 4.64. The minimum Gasteiger partial charge on any atom is -0.394 e. The summed E-state index contributed by atoms with van der Waals surface area (Å²) < 4.78 is 19.4. The maximum absolute atomic E-state index is 14.2. The van der Waals surface area contributed by atoms with Gasteiger partial charge >= 0.3 is 0 Å². The van der Waals surface area contributed by atoms with Crippen LogP contribution in [0.1, 0.15) is 10.4 Å². The first-order valence-corrected chi connectivity index (χ1v) is 8.95. The average molecular weight is 474 g/mol. The van der Waals surface area contributed by atoms with Crippen LogP contribution >= 0.6 is 34.1 Å². The molecule has 0 radical (unpaired) electrons. The third-order valence-electron chi connectivity index (χ3n) is 3.21. The van der Waals surface area contributed by atoms with E-state index in [0.717, 1.165) is 15.1 Å². The Morgan fingerprint density at radius 2 is 2.20 bits per heavy atom. The molecule has 0 saturated carbocycles. The molecule has 0 bridgehead atoms. The van der Waals surface area contributed by atoms with Crippen molar-refractivity contribution in [3.05, 3.63) is 45.3 Å². The first-order chi connectivity index (χ1) is 12.1. The summed E-state index contributed by atoms with van der Waals surface area (Å²) in [5.74, 6) is -0.971. The number of nitrogens with one attached hydrogen (secondary N) is 2. The standard InChI is InChI=1S/C15H12FIN4O3S/c16-10-7-8(17)1-3-11(10)18-13-9(15(23)20-24-6-5-22)2-4-12-14(13)25-21-19-12/h1-4,7,18,22H,5-6H2,(H,20,23). The van der Waals surface area contributed by atoms with Crippen LogP contribution in [0.25, 0.3) is 10.2 Å². The van der Waals surface area contributed by atoms with Gasteiger partial charge < -0.3 is 10.4 Å². The number of halogens is 2. The van der Waals surface area contributed by atoms with E-state index < -0.39 is 11.7 Å². The summed E-state index contributed by atoms with van der Waals surface area (Å²) in [6, 6.07) is 7.93. The fraction of sp³-hybridized carbons (Fsp3) is 0.133. The second-order valence-electron chi connectivity index (χ2n) is 4.86. The summed E-state index contributed by atoms with van der Waals surface area (Å²) in [6.07, 6.45) is 0. The maximum Gasteiger partial charge on any atom is 0.277 e. The van der Waals surface area contributed by atoms with Crippen LogP contribution < -0.4 is 10.8 Å². The second kappa shape index (κ2) is 7.99. The monoisotopic (exact) mass is 474 g/mol. The Kier molecular flexibility index (Phi) is 5.73. The number of hydroxylamine groups is 1. The molecule has 1 amide bonds. The number of carbonyl (C=O) groups is 1. The first-order valence-electron chi connectivity index (χ1n) is 7.10. The van der Waals surface area contributed by atoms with Gasteiger partial charge in [0.1, 0.15) is 11.3 Å². The summed E-state index contributed by atoms with van der Waals surface area (Å²) in [5, 5.41) is 15.6. The molecule has 3 N–H and O–H groups in total. The summed E-state index contributed by atoms with van der Waals surface area (Å²) in [4.78, 5) is 17.2. The molecule has 1 aromatic heterocycles. The van der Waals surface area contributed by atoms with Crippen molar-refractivity contribution in [2.75, 3.05) is 18.5 Å². The van der Waals surface area contributed by atoms with E-state index in [1.807, 2.05) is 22.6 Å². The van der Waals surface area contributed by atoms with Crippen molar-refractivity contribution in [3.63, 3.8) is 0 Å². The van der Waals surface area contributed by atoms with Crippen LogP contribution in [0.4, 0.5) is 15.8 Å². The Labute approximate surface area is 159 Å². The largest absolute Gasteiger partial charge is 0.394 e. The lowest BCUT2D eigenvalue weighted by Crippen LogP contribution is -2.25. The molecular weight excluding hydrogens is 462 g/mol. The van der Waals surface area contributed by atoms with E-state index in [9.17, 15) is 9.18 Å². The van der Waals surface area contributed by atoms with Crippen LogP contribution in [0, 0.1) is 9.39 Å². The summed E-state index contributed by atoms with van der Waals surface area (Å²) >= 11 is 3.11. The molecular formula is C15H12FIN4O3S. The van der Waals surface area contributed by atoms with Crippen LogP contribution in [-0.2, 0) is 4.84 Å². The van der Waals surface area contributed by atoms with E-state index in [4.69, 9.17) is 9.94 Å². The van der Waals surface area contributed by atoms with E-state index in [1.165, 1.54) is 6.07 Å². The van der Waals surface area contributed by atoms with Gasteiger partial charge in [-0.15, -0.1) is 5.10 Å². The van der Waals surface area contributed by atoms with Crippen LogP contribution in [0.3, 0.4) is 0 Å². The van der Waals surface area contributed by atoms with E-state index in [-0.39, 0.29) is 24.5 Å². The second-order valence-corrected chi connectivity index (χ2v) is 6.86. The van der Waals surface area contributed by atoms with Gasteiger partial charge in [-0.05, 0) is 64.5 Å². The Hall–Kier alpha value is -1.89. The smallest absolute Gasteiger partial charge is 0.277 e. The molecule has 1 heterocycles. The Balaban J connectivity index is 2.00. The normalized spacial score (nSPS) is 10.8. The van der Waals surface area contributed by atoms with Crippen LogP contribution in [0.15, 0.2) is 30.3 Å². The number of nitrogens with zero attached hydrogens (tertiary/aromatic N) is 2. The molecule has 3 aromatic rings. The Bertz CT molecular complexity index is 921. The highest BCUT2D eigenvalue weighted by Gasteiger charge is 2.18. The molecule has 2 aromatic carbocycles. The van der Waals surface area contributed by atoms with Crippen LogP contribution in [0.2, 0.25) is 0 Å². The lowest BCUT2D eigenvalue weighted by Gasteiger charge is -2.13. The van der Waals surface area contributed by atoms with Crippen molar-refractivity contribution in [1.29, 1.82) is 0 Å². The number of benzene rings is 2. The summed E-state index contributed by atoms with van der Waals surface area (Å²) in [5.41, 5.74) is 3.69. The number of anilines is 2. The third kappa shape index (κ3) is 4.03. The minimum atomic E-state index is -0.530. The van der Waals surface area contributed by atoms with Gasteiger partial charge in [-0.25, -0.2) is 9.87 Å². The zero-order valence-electron chi connectivity index (χ0n) is 12.6. The molecule has 0 spiro atoms. The average Bonchev–Trinajstić information content (AvgIpc) is 3.06. The molecule has 0 aliphatic heterocycles. The van der Waals surface area contributed by atoms with Crippen molar-refractivity contribution in [2.45, 2.75) is 0 Å². The number of rotatable bonds is 6. The number of aromatic nitrogens is 2. The number of carbonyl (C=O) groups excluding carboxylic acids is 1. The van der Waals surface area contributed by atoms with Crippen molar-refractivity contribution in [2.24, 2.45) is 0 Å². The minimum absolute atomic E-state index is 0.0371. The number of hydrogen-bond acceptors (Lipinski definition) is 7. The van der Waals surface area contributed by atoms with Gasteiger partial charge in [0.2, 0.25) is 0 Å². The van der Waals surface area contributed by atoms with Gasteiger partial charge in [0.25, 0.3) is 5.91 Å². The van der Waals surface area contributed by atoms with E-state index in [1.54, 1.807) is 24.3 Å². The van der Waals surface area contributed by atoms with Crippen molar-refractivity contribution in [3.8, 4) is 0 Å². The predicted octanol–water partition coefficient (Wildman–Crippen LogP) is 2.83. The van der Waals surface area contributed by atoms with Crippen molar-refractivity contribution >= 4 is 61.6 Å². The lowest BCUT2D eigenvalue weighted by atomic mass is 10.1. The topological polar surface area (TPSA) is 96.4 Å². The van der Waals surface area contributed by atoms with Gasteiger partial charge in [0.05, 0.1) is 34.9 Å². The van der Waals surface area contributed by atoms with Crippen molar-refractivity contribution < 1.29 is 19.1 Å². The number of hydrogen-bond donors (Lipinski definition) is 3. The quantitative estimate of drug-likeness (QED) is 0.289. The molecule has 7 nitrogen and oxygen atoms in total. The van der Waals surface area contributed by atoms with Crippen molar-refractivity contribution in [1.82, 2.24) is 15.1 Å². The lowest BCUT2D eigenvalue weighted by molar-refractivity contribution is 0.0169. The summed E-state index contributed by atoms with van der Waals surface area (Å²) in [7, 11) is 0. The maximum atomic E-state index is 14.2. The number of amides is 1. The van der Waals surface area contributed by atoms with Gasteiger partial charge in [-0.3, -0.25) is 9.63 Å². The first kappa shape index (κ1) is 17.9. The van der Waals surface area contributed by atoms with E-state index in [0.29, 0.717) is 15.9 Å².